The Labute approximate surface area is 66.2 Å². The van der Waals surface area contributed by atoms with Crippen molar-refractivity contribution in [3.63, 3.8) is 0 Å². The summed E-state index contributed by atoms with van der Waals surface area (Å²) in [6.45, 7) is 4.00. The van der Waals surface area contributed by atoms with Gasteiger partial charge in [-0.25, -0.2) is 9.97 Å². The summed E-state index contributed by atoms with van der Waals surface area (Å²) in [4.78, 5) is 11.9. The van der Waals surface area contributed by atoms with Crippen molar-refractivity contribution in [1.82, 2.24) is 9.97 Å². The van der Waals surface area contributed by atoms with Crippen LogP contribution in [0.5, 0.6) is 0 Å². The van der Waals surface area contributed by atoms with E-state index < -0.39 is 0 Å². The van der Waals surface area contributed by atoms with Crippen LogP contribution in [-0.4, -0.2) is 16.2 Å². The molecule has 0 atom stereocenters. The fraction of sp³-hybridized carbons (Fsp3) is 0.375. The maximum Gasteiger partial charge on any atom is 0.115 e. The molecule has 0 radical (unpaired) electrons. The number of rotatable bonds is 0. The fourth-order valence-corrected chi connectivity index (χ4v) is 0.843. The molecule has 0 bridgehead atoms. The van der Waals surface area contributed by atoms with E-state index in [1.54, 1.807) is 12.5 Å². The van der Waals surface area contributed by atoms with Crippen LogP contribution in [0.1, 0.15) is 19.5 Å². The van der Waals surface area contributed by atoms with Crippen molar-refractivity contribution < 1.29 is 0 Å². The van der Waals surface area contributed by atoms with Crippen molar-refractivity contribution in [2.24, 2.45) is 4.99 Å². The molecule has 3 heteroatoms. The number of fused-ring (bicyclic) bond motifs is 1. The molecule has 0 saturated heterocycles. The van der Waals surface area contributed by atoms with Crippen molar-refractivity contribution in [2.75, 3.05) is 0 Å². The predicted octanol–water partition coefficient (Wildman–Crippen LogP) is 1.76. The molecule has 2 heterocycles. The van der Waals surface area contributed by atoms with Crippen LogP contribution in [0.25, 0.3) is 0 Å². The molecule has 1 aromatic rings. The predicted molar refractivity (Wildman–Crippen MR) is 45.2 cm³/mol. The summed E-state index contributed by atoms with van der Waals surface area (Å²) in [5.41, 5.74) is 1.95. The lowest BCUT2D eigenvalue weighted by atomic mass is 10.3. The Morgan fingerprint density at radius 1 is 1.36 bits per heavy atom. The van der Waals surface area contributed by atoms with Gasteiger partial charge in [0.1, 0.15) is 12.0 Å². The van der Waals surface area contributed by atoms with Crippen molar-refractivity contribution in [1.29, 1.82) is 0 Å². The molecular formula is C8H11N3. The van der Waals surface area contributed by atoms with Crippen molar-refractivity contribution >= 4 is 11.9 Å². The van der Waals surface area contributed by atoms with Gasteiger partial charge >= 0.3 is 0 Å². The normalized spacial score (nSPS) is 11.8. The molecule has 0 N–H and O–H groups in total. The summed E-state index contributed by atoms with van der Waals surface area (Å²) in [5.74, 6) is 0. The summed E-state index contributed by atoms with van der Waals surface area (Å²) in [6.07, 6.45) is 5.98. The second-order valence-electron chi connectivity index (χ2n) is 1.87. The van der Waals surface area contributed by atoms with Gasteiger partial charge in [-0.3, -0.25) is 4.99 Å². The molecule has 0 saturated carbocycles. The Morgan fingerprint density at radius 2 is 2.18 bits per heavy atom. The topological polar surface area (TPSA) is 38.1 Å². The quantitative estimate of drug-likeness (QED) is 0.563. The highest BCUT2D eigenvalue weighted by Gasteiger charge is 2.04. The number of nitrogens with zero attached hydrogens (tertiary/aromatic N) is 3. The lowest BCUT2D eigenvalue weighted by Crippen LogP contribution is -1.84. The molecule has 0 unspecified atom stereocenters. The lowest BCUT2D eigenvalue weighted by molar-refractivity contribution is 1.09. The van der Waals surface area contributed by atoms with Crippen LogP contribution in [0.4, 0.5) is 5.69 Å². The third-order valence-corrected chi connectivity index (χ3v) is 1.29. The van der Waals surface area contributed by atoms with Crippen molar-refractivity contribution in [2.45, 2.75) is 20.3 Å². The lowest BCUT2D eigenvalue weighted by Gasteiger charge is -1.89. The summed E-state index contributed by atoms with van der Waals surface area (Å²) < 4.78 is 0. The van der Waals surface area contributed by atoms with E-state index in [4.69, 9.17) is 0 Å². The van der Waals surface area contributed by atoms with Gasteiger partial charge in [0.2, 0.25) is 0 Å². The Kier molecular flexibility index (Phi) is 2.72. The van der Waals surface area contributed by atoms with E-state index in [9.17, 15) is 0 Å². The van der Waals surface area contributed by atoms with E-state index in [0.717, 1.165) is 17.8 Å². The highest BCUT2D eigenvalue weighted by molar-refractivity contribution is 5.73. The molecule has 1 aliphatic heterocycles. The molecule has 0 fully saturated rings. The average molecular weight is 149 g/mol. The van der Waals surface area contributed by atoms with Gasteiger partial charge in [0, 0.05) is 12.6 Å². The first-order valence-electron chi connectivity index (χ1n) is 3.78. The number of aliphatic imine (C=N–C) groups is 1. The van der Waals surface area contributed by atoms with Gasteiger partial charge in [0.05, 0.1) is 11.9 Å². The monoisotopic (exact) mass is 149 g/mol. The van der Waals surface area contributed by atoms with E-state index >= 15 is 0 Å². The van der Waals surface area contributed by atoms with Gasteiger partial charge in [-0.2, -0.15) is 0 Å². The SMILES string of the molecule is C1=Nc2cncnc2C1.CC. The van der Waals surface area contributed by atoms with Crippen molar-refractivity contribution in [3.05, 3.63) is 18.2 Å². The number of hydrogen-bond acceptors (Lipinski definition) is 3. The van der Waals surface area contributed by atoms with E-state index in [1.165, 1.54) is 0 Å². The van der Waals surface area contributed by atoms with E-state index in [-0.39, 0.29) is 0 Å². The summed E-state index contributed by atoms with van der Waals surface area (Å²) in [6, 6.07) is 0. The third kappa shape index (κ3) is 1.61. The van der Waals surface area contributed by atoms with E-state index in [1.807, 2.05) is 20.1 Å². The molecule has 11 heavy (non-hydrogen) atoms. The molecule has 2 rings (SSSR count). The summed E-state index contributed by atoms with van der Waals surface area (Å²) >= 11 is 0. The maximum atomic E-state index is 4.05. The van der Waals surface area contributed by atoms with E-state index in [0.29, 0.717) is 0 Å². The molecule has 0 spiro atoms. The third-order valence-electron chi connectivity index (χ3n) is 1.29. The minimum absolute atomic E-state index is 0.859. The minimum atomic E-state index is 0.859. The van der Waals surface area contributed by atoms with Gasteiger partial charge in [-0.15, -0.1) is 0 Å². The van der Waals surface area contributed by atoms with Gasteiger partial charge in [0.25, 0.3) is 0 Å². The highest BCUT2D eigenvalue weighted by atomic mass is 14.9. The summed E-state index contributed by atoms with van der Waals surface area (Å²) in [7, 11) is 0. The van der Waals surface area contributed by atoms with Gasteiger partial charge in [-0.05, 0) is 0 Å². The largest absolute Gasteiger partial charge is 0.257 e. The zero-order chi connectivity index (χ0) is 8.10. The Morgan fingerprint density at radius 3 is 2.91 bits per heavy atom. The van der Waals surface area contributed by atoms with Crippen LogP contribution < -0.4 is 0 Å². The number of aromatic nitrogens is 2. The first-order valence-corrected chi connectivity index (χ1v) is 3.78. The maximum absolute atomic E-state index is 4.05. The van der Waals surface area contributed by atoms with Crippen LogP contribution in [0.2, 0.25) is 0 Å². The Balaban J connectivity index is 0.000000281. The molecule has 1 aliphatic rings. The van der Waals surface area contributed by atoms with Crippen molar-refractivity contribution in [3.8, 4) is 0 Å². The van der Waals surface area contributed by atoms with Crippen LogP contribution >= 0.6 is 0 Å². The molecular weight excluding hydrogens is 138 g/mol. The van der Waals surface area contributed by atoms with Crippen LogP contribution in [0, 0.1) is 0 Å². The summed E-state index contributed by atoms with van der Waals surface area (Å²) in [5, 5.41) is 0. The van der Waals surface area contributed by atoms with Crippen LogP contribution in [0.3, 0.4) is 0 Å². The smallest absolute Gasteiger partial charge is 0.115 e. The standard InChI is InChI=1S/C6H5N3.C2H6/c1-2-8-6-3-7-4-9-5(1)6;1-2/h2-4H,1H2;1-2H3. The highest BCUT2D eigenvalue weighted by Crippen LogP contribution is 2.18. The fourth-order valence-electron chi connectivity index (χ4n) is 0.843. The first-order chi connectivity index (χ1) is 5.47. The first kappa shape index (κ1) is 7.85. The second kappa shape index (κ2) is 3.81. The molecule has 58 valence electrons. The molecule has 0 amide bonds. The zero-order valence-corrected chi connectivity index (χ0v) is 6.78. The van der Waals surface area contributed by atoms with E-state index in [2.05, 4.69) is 15.0 Å². The molecule has 0 aliphatic carbocycles. The van der Waals surface area contributed by atoms with Gasteiger partial charge in [0.15, 0.2) is 0 Å². The molecule has 3 nitrogen and oxygen atoms in total. The van der Waals surface area contributed by atoms with Gasteiger partial charge in [-0.1, -0.05) is 13.8 Å². The Bertz CT molecular complexity index is 255. The average Bonchev–Trinajstić information content (AvgIpc) is 2.55. The molecule has 1 aromatic heterocycles. The Hall–Kier alpha value is -1.25. The van der Waals surface area contributed by atoms with Gasteiger partial charge < -0.3 is 0 Å². The minimum Gasteiger partial charge on any atom is -0.257 e. The van der Waals surface area contributed by atoms with Crippen LogP contribution in [0.15, 0.2) is 17.5 Å². The second-order valence-corrected chi connectivity index (χ2v) is 1.87. The zero-order valence-electron chi connectivity index (χ0n) is 6.78. The molecule has 0 aromatic carbocycles. The van der Waals surface area contributed by atoms with Crippen LogP contribution in [-0.2, 0) is 6.42 Å². The number of hydrogen-bond donors (Lipinski definition) is 0.